The van der Waals surface area contributed by atoms with Gasteiger partial charge in [-0.2, -0.15) is 11.3 Å². The highest BCUT2D eigenvalue weighted by Crippen LogP contribution is 2.13. The highest BCUT2D eigenvalue weighted by molar-refractivity contribution is 7.08. The van der Waals surface area contributed by atoms with Gasteiger partial charge in [0.05, 0.1) is 13.2 Å². The molecule has 144 valence electrons. The minimum Gasteiger partial charge on any atom is -0.379 e. The van der Waals surface area contributed by atoms with Crippen LogP contribution in [0.25, 0.3) is 0 Å². The number of rotatable bonds is 8. The second kappa shape index (κ2) is 10.2. The Morgan fingerprint density at radius 1 is 1.07 bits per heavy atom. The molecule has 1 aromatic carbocycles. The maximum atomic E-state index is 12.1. The van der Waals surface area contributed by atoms with Crippen LogP contribution in [0.2, 0.25) is 0 Å². The van der Waals surface area contributed by atoms with Gasteiger partial charge in [0, 0.05) is 50.1 Å². The summed E-state index contributed by atoms with van der Waals surface area (Å²) in [5.74, 6) is -0.207. The van der Waals surface area contributed by atoms with Gasteiger partial charge in [0.25, 0.3) is 5.91 Å². The van der Waals surface area contributed by atoms with Crippen molar-refractivity contribution in [2.75, 3.05) is 32.8 Å². The molecule has 1 saturated heterocycles. The molecule has 7 heteroatoms. The molecule has 2 aromatic rings. The lowest BCUT2D eigenvalue weighted by atomic mass is 10.1. The van der Waals surface area contributed by atoms with E-state index in [-0.39, 0.29) is 18.2 Å². The Morgan fingerprint density at radius 3 is 2.59 bits per heavy atom. The monoisotopic (exact) mass is 387 g/mol. The number of hydrogen-bond donors (Lipinski definition) is 2. The van der Waals surface area contributed by atoms with Gasteiger partial charge in [0.2, 0.25) is 5.91 Å². The molecule has 27 heavy (non-hydrogen) atoms. The van der Waals surface area contributed by atoms with Crippen molar-refractivity contribution in [1.82, 2.24) is 15.5 Å². The summed E-state index contributed by atoms with van der Waals surface area (Å²) in [5, 5.41) is 9.37. The zero-order chi connectivity index (χ0) is 18.9. The van der Waals surface area contributed by atoms with Crippen LogP contribution >= 0.6 is 11.3 Å². The molecule has 1 aromatic heterocycles. The van der Waals surface area contributed by atoms with Crippen LogP contribution in [0.1, 0.15) is 27.9 Å². The van der Waals surface area contributed by atoms with Gasteiger partial charge in [-0.25, -0.2) is 0 Å². The third-order valence-corrected chi connectivity index (χ3v) is 5.20. The number of morpholine rings is 1. The lowest BCUT2D eigenvalue weighted by Crippen LogP contribution is -2.36. The molecular weight excluding hydrogens is 362 g/mol. The van der Waals surface area contributed by atoms with Crippen molar-refractivity contribution < 1.29 is 14.3 Å². The summed E-state index contributed by atoms with van der Waals surface area (Å²) in [6, 6.07) is 9.95. The summed E-state index contributed by atoms with van der Waals surface area (Å²) < 4.78 is 5.40. The number of ether oxygens (including phenoxy) is 1. The number of thiophene rings is 1. The van der Waals surface area contributed by atoms with Crippen molar-refractivity contribution in [2.45, 2.75) is 19.5 Å². The van der Waals surface area contributed by atoms with Crippen molar-refractivity contribution in [1.29, 1.82) is 0 Å². The first-order valence-electron chi connectivity index (χ1n) is 9.16. The zero-order valence-corrected chi connectivity index (χ0v) is 16.1. The summed E-state index contributed by atoms with van der Waals surface area (Å²) in [5.41, 5.74) is 2.99. The summed E-state index contributed by atoms with van der Waals surface area (Å²) in [4.78, 5) is 26.3. The van der Waals surface area contributed by atoms with Gasteiger partial charge in [0.1, 0.15) is 0 Å². The fourth-order valence-electron chi connectivity index (χ4n) is 2.95. The fourth-order valence-corrected chi connectivity index (χ4v) is 3.59. The average Bonchev–Trinajstić information content (AvgIpc) is 3.23. The van der Waals surface area contributed by atoms with Crippen molar-refractivity contribution in [2.24, 2.45) is 0 Å². The average molecular weight is 388 g/mol. The number of nitrogens with one attached hydrogen (secondary N) is 2. The molecule has 0 atom stereocenters. The number of benzene rings is 1. The first-order chi connectivity index (χ1) is 13.2. The van der Waals surface area contributed by atoms with Crippen LogP contribution in [0.3, 0.4) is 0 Å². The lowest BCUT2D eigenvalue weighted by molar-refractivity contribution is -0.121. The van der Waals surface area contributed by atoms with E-state index in [9.17, 15) is 9.59 Å². The van der Waals surface area contributed by atoms with Crippen LogP contribution in [0.15, 0.2) is 41.1 Å². The minimum atomic E-state index is -0.139. The molecule has 1 aliphatic heterocycles. The molecule has 1 fully saturated rings. The van der Waals surface area contributed by atoms with E-state index in [4.69, 9.17) is 4.74 Å². The smallest absolute Gasteiger partial charge is 0.252 e. The maximum Gasteiger partial charge on any atom is 0.252 e. The first-order valence-corrected chi connectivity index (χ1v) is 10.1. The predicted molar refractivity (Wildman–Crippen MR) is 106 cm³/mol. The molecule has 0 bridgehead atoms. The number of hydrogen-bond acceptors (Lipinski definition) is 5. The fraction of sp³-hybridized carbons (Fsp3) is 0.400. The molecule has 0 unspecified atom stereocenters. The molecule has 0 radical (unpaired) electrons. The molecule has 2 N–H and O–H groups in total. The minimum absolute atomic E-state index is 0.0678. The Kier molecular flexibility index (Phi) is 7.38. The summed E-state index contributed by atoms with van der Waals surface area (Å²) in [6.45, 7) is 5.11. The van der Waals surface area contributed by atoms with E-state index in [0.29, 0.717) is 18.7 Å². The van der Waals surface area contributed by atoms with E-state index >= 15 is 0 Å². The van der Waals surface area contributed by atoms with Crippen LogP contribution in [0, 0.1) is 0 Å². The number of carbonyl (C=O) groups is 2. The van der Waals surface area contributed by atoms with Crippen molar-refractivity contribution >= 4 is 23.2 Å². The first kappa shape index (κ1) is 19.5. The van der Waals surface area contributed by atoms with E-state index in [0.717, 1.165) is 38.4 Å². The van der Waals surface area contributed by atoms with Crippen LogP contribution in [0.5, 0.6) is 0 Å². The molecule has 0 aliphatic carbocycles. The van der Waals surface area contributed by atoms with Crippen LogP contribution in [-0.4, -0.2) is 49.6 Å². The zero-order valence-electron chi connectivity index (χ0n) is 15.3. The van der Waals surface area contributed by atoms with Gasteiger partial charge >= 0.3 is 0 Å². The Balaban J connectivity index is 1.42. The number of amides is 2. The van der Waals surface area contributed by atoms with E-state index in [1.807, 2.05) is 17.5 Å². The van der Waals surface area contributed by atoms with E-state index in [2.05, 4.69) is 27.7 Å². The Hall–Kier alpha value is -2.22. The Labute approximate surface area is 163 Å². The van der Waals surface area contributed by atoms with Gasteiger partial charge in [-0.1, -0.05) is 24.3 Å². The van der Waals surface area contributed by atoms with Crippen LogP contribution in [0.4, 0.5) is 0 Å². The molecule has 0 spiro atoms. The SMILES string of the molecule is O=C(CCNC(=O)c1ccsc1)NCc1ccccc1CN1CCOCC1. The second-order valence-electron chi connectivity index (χ2n) is 6.45. The third-order valence-electron chi connectivity index (χ3n) is 4.51. The van der Waals surface area contributed by atoms with Gasteiger partial charge in [-0.15, -0.1) is 0 Å². The van der Waals surface area contributed by atoms with Crippen LogP contribution < -0.4 is 10.6 Å². The Bertz CT molecular complexity index is 743. The van der Waals surface area contributed by atoms with Gasteiger partial charge in [-0.05, 0) is 22.6 Å². The molecule has 3 rings (SSSR count). The van der Waals surface area contributed by atoms with Gasteiger partial charge in [0.15, 0.2) is 0 Å². The maximum absolute atomic E-state index is 12.1. The topological polar surface area (TPSA) is 70.7 Å². The predicted octanol–water partition coefficient (Wildman–Crippen LogP) is 2.02. The summed E-state index contributed by atoms with van der Waals surface area (Å²) in [7, 11) is 0. The molecule has 0 saturated carbocycles. The normalized spacial score (nSPS) is 14.7. The molecule has 2 amide bonds. The highest BCUT2D eigenvalue weighted by Gasteiger charge is 2.13. The standard InChI is InChI=1S/C20H25N3O3S/c24-19(5-7-21-20(25)18-6-12-27-15-18)22-13-16-3-1-2-4-17(16)14-23-8-10-26-11-9-23/h1-4,6,12,15H,5,7-11,13-14H2,(H,21,25)(H,22,24). The van der Waals surface area contributed by atoms with Gasteiger partial charge in [-0.3, -0.25) is 14.5 Å². The number of nitrogens with zero attached hydrogens (tertiary/aromatic N) is 1. The molecule has 1 aliphatic rings. The largest absolute Gasteiger partial charge is 0.379 e. The summed E-state index contributed by atoms with van der Waals surface area (Å²) >= 11 is 1.48. The van der Waals surface area contributed by atoms with Crippen molar-refractivity contribution in [3.63, 3.8) is 0 Å². The van der Waals surface area contributed by atoms with Gasteiger partial charge < -0.3 is 15.4 Å². The lowest BCUT2D eigenvalue weighted by Gasteiger charge is -2.27. The Morgan fingerprint density at radius 2 is 1.85 bits per heavy atom. The molecule has 2 heterocycles. The van der Waals surface area contributed by atoms with Crippen molar-refractivity contribution in [3.05, 3.63) is 57.8 Å². The second-order valence-corrected chi connectivity index (χ2v) is 7.23. The van der Waals surface area contributed by atoms with E-state index in [1.165, 1.54) is 16.9 Å². The molecule has 6 nitrogen and oxygen atoms in total. The quantitative estimate of drug-likeness (QED) is 0.727. The van der Waals surface area contributed by atoms with E-state index < -0.39 is 0 Å². The van der Waals surface area contributed by atoms with E-state index in [1.54, 1.807) is 11.4 Å². The van der Waals surface area contributed by atoms with Crippen LogP contribution in [-0.2, 0) is 22.6 Å². The summed E-state index contributed by atoms with van der Waals surface area (Å²) in [6.07, 6.45) is 0.265. The highest BCUT2D eigenvalue weighted by atomic mass is 32.1. The molecular formula is C20H25N3O3S. The third kappa shape index (κ3) is 6.16. The number of carbonyl (C=O) groups excluding carboxylic acids is 2. The van der Waals surface area contributed by atoms with Crippen molar-refractivity contribution in [3.8, 4) is 0 Å².